The number of piperidine rings is 1. The van der Waals surface area contributed by atoms with Gasteiger partial charge in [-0.15, -0.1) is 11.6 Å². The summed E-state index contributed by atoms with van der Waals surface area (Å²) in [6.07, 6.45) is 9.62. The monoisotopic (exact) mass is 244 g/mol. The van der Waals surface area contributed by atoms with Gasteiger partial charge in [-0.3, -0.25) is 0 Å². The largest absolute Gasteiger partial charge is 0.335 e. The Kier molecular flexibility index (Phi) is 4.97. The van der Waals surface area contributed by atoms with E-state index in [-0.39, 0.29) is 0 Å². The molecule has 0 atom stereocenters. The van der Waals surface area contributed by atoms with Crippen molar-refractivity contribution in [2.75, 3.05) is 19.6 Å². The van der Waals surface area contributed by atoms with Crippen molar-refractivity contribution in [1.82, 2.24) is 0 Å². The smallest absolute Gasteiger partial charge is 0.0799 e. The molecule has 0 unspecified atom stereocenters. The van der Waals surface area contributed by atoms with E-state index in [4.69, 9.17) is 11.6 Å². The van der Waals surface area contributed by atoms with Crippen LogP contribution in [0.5, 0.6) is 0 Å². The maximum absolute atomic E-state index is 6.16. The van der Waals surface area contributed by atoms with Gasteiger partial charge in [0.25, 0.3) is 0 Å². The molecular formula is C14H27ClN+. The molecule has 1 N–H and O–H groups in total. The second kappa shape index (κ2) is 6.26. The normalized spacial score (nSPS) is 40.9. The van der Waals surface area contributed by atoms with Crippen molar-refractivity contribution >= 4 is 11.6 Å². The highest BCUT2D eigenvalue weighted by molar-refractivity contribution is 6.20. The summed E-state index contributed by atoms with van der Waals surface area (Å²) in [4.78, 5) is 1.88. The zero-order valence-corrected chi connectivity index (χ0v) is 11.4. The Labute approximate surface area is 106 Å². The maximum atomic E-state index is 6.16. The molecule has 0 spiro atoms. The molecule has 2 fully saturated rings. The molecule has 94 valence electrons. The molecule has 0 bridgehead atoms. The highest BCUT2D eigenvalue weighted by atomic mass is 35.5. The SMILES string of the molecule is CCC1CC[NH+](CC2CCC(Cl)CC2)CC1. The molecule has 2 aliphatic rings. The van der Waals surface area contributed by atoms with Gasteiger partial charge in [-0.2, -0.15) is 0 Å². The maximum Gasteiger partial charge on any atom is 0.0799 e. The van der Waals surface area contributed by atoms with Crippen molar-refractivity contribution in [3.8, 4) is 0 Å². The summed E-state index contributed by atoms with van der Waals surface area (Å²) in [7, 11) is 0. The first-order valence-corrected chi connectivity index (χ1v) is 7.69. The molecule has 0 amide bonds. The third-order valence-electron chi connectivity index (χ3n) is 4.74. The van der Waals surface area contributed by atoms with Crippen LogP contribution in [0.3, 0.4) is 0 Å². The minimum absolute atomic E-state index is 0.483. The van der Waals surface area contributed by atoms with E-state index in [1.54, 1.807) is 0 Å². The number of likely N-dealkylation sites (tertiary alicyclic amines) is 1. The quantitative estimate of drug-likeness (QED) is 0.728. The fourth-order valence-electron chi connectivity index (χ4n) is 3.43. The third-order valence-corrected chi connectivity index (χ3v) is 5.18. The Bertz CT molecular complexity index is 191. The van der Waals surface area contributed by atoms with Crippen LogP contribution < -0.4 is 4.90 Å². The predicted octanol–water partition coefficient (Wildman–Crippen LogP) is 2.49. The molecule has 0 aromatic carbocycles. The van der Waals surface area contributed by atoms with E-state index in [1.165, 1.54) is 64.6 Å². The molecule has 0 radical (unpaired) electrons. The number of hydrogen-bond donors (Lipinski definition) is 1. The van der Waals surface area contributed by atoms with Crippen molar-refractivity contribution in [2.24, 2.45) is 11.8 Å². The number of halogens is 1. The molecule has 0 aromatic heterocycles. The van der Waals surface area contributed by atoms with Gasteiger partial charge in [-0.25, -0.2) is 0 Å². The fraction of sp³-hybridized carbons (Fsp3) is 1.00. The second-order valence-electron chi connectivity index (χ2n) is 5.92. The number of rotatable bonds is 3. The van der Waals surface area contributed by atoms with E-state index >= 15 is 0 Å². The molecule has 1 heterocycles. The van der Waals surface area contributed by atoms with Crippen molar-refractivity contribution in [3.05, 3.63) is 0 Å². The van der Waals surface area contributed by atoms with Crippen LogP contribution >= 0.6 is 11.6 Å². The van der Waals surface area contributed by atoms with Crippen molar-refractivity contribution in [1.29, 1.82) is 0 Å². The van der Waals surface area contributed by atoms with Crippen LogP contribution in [0.15, 0.2) is 0 Å². The summed E-state index contributed by atoms with van der Waals surface area (Å²) in [6.45, 7) is 6.63. The van der Waals surface area contributed by atoms with Crippen molar-refractivity contribution in [2.45, 2.75) is 57.2 Å². The number of alkyl halides is 1. The first-order chi connectivity index (χ1) is 7.78. The number of quaternary nitrogens is 1. The van der Waals surface area contributed by atoms with Gasteiger partial charge in [0.2, 0.25) is 0 Å². The van der Waals surface area contributed by atoms with Crippen molar-refractivity contribution < 1.29 is 4.90 Å². The molecule has 16 heavy (non-hydrogen) atoms. The highest BCUT2D eigenvalue weighted by Crippen LogP contribution is 2.26. The minimum atomic E-state index is 0.483. The highest BCUT2D eigenvalue weighted by Gasteiger charge is 2.26. The van der Waals surface area contributed by atoms with Crippen LogP contribution in [0.2, 0.25) is 0 Å². The zero-order chi connectivity index (χ0) is 11.4. The van der Waals surface area contributed by atoms with Crippen LogP contribution in [-0.4, -0.2) is 25.0 Å². The average Bonchev–Trinajstić information content (AvgIpc) is 2.33. The topological polar surface area (TPSA) is 4.44 Å². The average molecular weight is 245 g/mol. The summed E-state index contributed by atoms with van der Waals surface area (Å²) >= 11 is 6.16. The molecule has 2 heteroatoms. The predicted molar refractivity (Wildman–Crippen MR) is 70.2 cm³/mol. The summed E-state index contributed by atoms with van der Waals surface area (Å²) in [5.74, 6) is 2.01. The van der Waals surface area contributed by atoms with E-state index < -0.39 is 0 Å². The molecule has 2 rings (SSSR count). The first kappa shape index (κ1) is 12.7. The van der Waals surface area contributed by atoms with E-state index in [0.29, 0.717) is 5.38 Å². The fourth-order valence-corrected chi connectivity index (χ4v) is 3.68. The standard InChI is InChI=1S/C14H26ClN/c1-2-12-7-9-16(10-8-12)11-13-3-5-14(15)6-4-13/h12-14H,2-11H2,1H3/p+1. The van der Waals surface area contributed by atoms with E-state index in [2.05, 4.69) is 6.92 Å². The summed E-state index contributed by atoms with van der Waals surface area (Å²) in [6, 6.07) is 0. The molecule has 1 nitrogen and oxygen atoms in total. The van der Waals surface area contributed by atoms with Gasteiger partial charge < -0.3 is 4.90 Å². The Morgan fingerprint density at radius 1 is 0.938 bits per heavy atom. The second-order valence-corrected chi connectivity index (χ2v) is 6.54. The van der Waals surface area contributed by atoms with Crippen molar-refractivity contribution in [3.63, 3.8) is 0 Å². The Hall–Kier alpha value is 0.250. The van der Waals surface area contributed by atoms with Crippen LogP contribution in [0.4, 0.5) is 0 Å². The number of hydrogen-bond acceptors (Lipinski definition) is 0. The molecular weight excluding hydrogens is 218 g/mol. The lowest BCUT2D eigenvalue weighted by Gasteiger charge is -2.33. The van der Waals surface area contributed by atoms with Gasteiger partial charge in [0.15, 0.2) is 0 Å². The molecule has 1 aliphatic heterocycles. The lowest BCUT2D eigenvalue weighted by Crippen LogP contribution is -3.13. The minimum Gasteiger partial charge on any atom is -0.335 e. The van der Waals surface area contributed by atoms with Crippen LogP contribution in [-0.2, 0) is 0 Å². The Morgan fingerprint density at radius 3 is 2.12 bits per heavy atom. The molecule has 1 saturated carbocycles. The summed E-state index contributed by atoms with van der Waals surface area (Å²) < 4.78 is 0. The van der Waals surface area contributed by atoms with Crippen LogP contribution in [0.25, 0.3) is 0 Å². The van der Waals surface area contributed by atoms with Gasteiger partial charge in [0.05, 0.1) is 19.6 Å². The van der Waals surface area contributed by atoms with E-state index in [0.717, 1.165) is 11.8 Å². The number of nitrogens with one attached hydrogen (secondary N) is 1. The summed E-state index contributed by atoms with van der Waals surface area (Å²) in [5, 5.41) is 0.483. The lowest BCUT2D eigenvalue weighted by atomic mass is 9.87. The van der Waals surface area contributed by atoms with E-state index in [9.17, 15) is 0 Å². The van der Waals surface area contributed by atoms with Crippen LogP contribution in [0.1, 0.15) is 51.9 Å². The van der Waals surface area contributed by atoms with Gasteiger partial charge in [-0.1, -0.05) is 13.3 Å². The lowest BCUT2D eigenvalue weighted by molar-refractivity contribution is -0.909. The van der Waals surface area contributed by atoms with Gasteiger partial charge in [0, 0.05) is 11.3 Å². The van der Waals surface area contributed by atoms with E-state index in [1.807, 2.05) is 4.90 Å². The van der Waals surface area contributed by atoms with Gasteiger partial charge in [0.1, 0.15) is 0 Å². The van der Waals surface area contributed by atoms with Gasteiger partial charge in [-0.05, 0) is 44.4 Å². The summed E-state index contributed by atoms with van der Waals surface area (Å²) in [5.41, 5.74) is 0. The Balaban J connectivity index is 1.66. The first-order valence-electron chi connectivity index (χ1n) is 7.25. The van der Waals surface area contributed by atoms with Gasteiger partial charge >= 0.3 is 0 Å². The molecule has 1 saturated heterocycles. The third kappa shape index (κ3) is 3.63. The zero-order valence-electron chi connectivity index (χ0n) is 10.7. The Morgan fingerprint density at radius 2 is 1.56 bits per heavy atom. The van der Waals surface area contributed by atoms with Crippen LogP contribution in [0, 0.1) is 11.8 Å². The molecule has 1 aliphatic carbocycles. The molecule has 0 aromatic rings.